The first kappa shape index (κ1) is 26.4. The van der Waals surface area contributed by atoms with Crippen LogP contribution in [0.5, 0.6) is 0 Å². The number of esters is 1. The Morgan fingerprint density at radius 3 is 1.53 bits per heavy atom. The van der Waals surface area contributed by atoms with Crippen molar-refractivity contribution in [1.82, 2.24) is 0 Å². The van der Waals surface area contributed by atoms with Crippen molar-refractivity contribution < 1.29 is 19.1 Å². The number of aryl methyl sites for hydroxylation is 1. The molecule has 1 amide bonds. The van der Waals surface area contributed by atoms with Gasteiger partial charge in [0.1, 0.15) is 5.41 Å². The molecule has 5 heteroatoms. The second-order valence-corrected chi connectivity index (χ2v) is 10.8. The third-order valence-electron chi connectivity index (χ3n) is 8.46. The fourth-order valence-corrected chi connectivity index (χ4v) is 6.67. The average molecular weight is 562 g/mol. The van der Waals surface area contributed by atoms with E-state index >= 15 is 4.79 Å². The maximum absolute atomic E-state index is 15.8. The molecule has 0 saturated carbocycles. The van der Waals surface area contributed by atoms with E-state index in [1.165, 1.54) is 0 Å². The number of hydrogen-bond acceptors (Lipinski definition) is 4. The van der Waals surface area contributed by atoms with Crippen molar-refractivity contribution in [2.75, 3.05) is 4.90 Å². The number of benzene rings is 5. The van der Waals surface area contributed by atoms with Crippen LogP contribution in [-0.2, 0) is 30.1 Å². The molecule has 2 heterocycles. The Bertz CT molecular complexity index is 1840. The summed E-state index contributed by atoms with van der Waals surface area (Å²) in [4.78, 5) is 45.5. The van der Waals surface area contributed by atoms with Crippen LogP contribution in [0.1, 0.15) is 27.8 Å². The Kier molecular flexibility index (Phi) is 6.17. The summed E-state index contributed by atoms with van der Waals surface area (Å²) in [6.45, 7) is 1.98. The molecule has 5 aromatic rings. The highest BCUT2D eigenvalue weighted by Crippen LogP contribution is 2.62. The second kappa shape index (κ2) is 10.1. The number of amides is 1. The van der Waals surface area contributed by atoms with Crippen molar-refractivity contribution >= 4 is 29.0 Å². The fraction of sp³-hybridized carbons (Fsp3) is 0.0789. The van der Waals surface area contributed by atoms with Crippen molar-refractivity contribution in [3.63, 3.8) is 0 Å². The predicted molar refractivity (Wildman–Crippen MR) is 165 cm³/mol. The van der Waals surface area contributed by atoms with Gasteiger partial charge in [-0.1, -0.05) is 139 Å². The fourth-order valence-electron chi connectivity index (χ4n) is 6.67. The monoisotopic (exact) mass is 561 g/mol. The van der Waals surface area contributed by atoms with E-state index in [4.69, 9.17) is 4.74 Å². The lowest BCUT2D eigenvalue weighted by Gasteiger charge is -2.53. The van der Waals surface area contributed by atoms with E-state index in [1.807, 2.05) is 153 Å². The predicted octanol–water partition coefficient (Wildman–Crippen LogP) is 6.76. The highest BCUT2D eigenvalue weighted by Gasteiger charge is 2.73. The summed E-state index contributed by atoms with van der Waals surface area (Å²) in [6.07, 6.45) is 0. The summed E-state index contributed by atoms with van der Waals surface area (Å²) in [5.74, 6) is -2.12. The van der Waals surface area contributed by atoms with Crippen LogP contribution in [0.15, 0.2) is 151 Å². The largest absolute Gasteiger partial charge is 0.441 e. The number of ether oxygens (including phenoxy) is 1. The molecule has 1 unspecified atom stereocenters. The number of anilines is 1. The molecule has 2 aliphatic rings. The van der Waals surface area contributed by atoms with Gasteiger partial charge in [0, 0.05) is 11.3 Å². The maximum atomic E-state index is 15.8. The van der Waals surface area contributed by atoms with Crippen molar-refractivity contribution in [2.24, 2.45) is 0 Å². The summed E-state index contributed by atoms with van der Waals surface area (Å²) >= 11 is 0. The summed E-state index contributed by atoms with van der Waals surface area (Å²) in [5, 5.41) is 0. The van der Waals surface area contributed by atoms with Crippen molar-refractivity contribution in [2.45, 2.75) is 17.9 Å². The number of hydrogen-bond donors (Lipinski definition) is 0. The number of fused-ring (bicyclic) bond motifs is 1. The molecule has 0 N–H and O–H groups in total. The van der Waals surface area contributed by atoms with Crippen LogP contribution in [0.2, 0.25) is 0 Å². The zero-order valence-electron chi connectivity index (χ0n) is 23.4. The molecule has 0 spiro atoms. The summed E-state index contributed by atoms with van der Waals surface area (Å²) in [5.41, 5.74) is 0.917. The van der Waals surface area contributed by atoms with Gasteiger partial charge in [-0.2, -0.15) is 0 Å². The van der Waals surface area contributed by atoms with Crippen LogP contribution < -0.4 is 4.90 Å². The minimum atomic E-state index is -1.81. The topological polar surface area (TPSA) is 63.7 Å². The van der Waals surface area contributed by atoms with Crippen LogP contribution in [-0.4, -0.2) is 17.7 Å². The number of Topliss-reactive ketones (excluding diaryl/α,β-unsaturated/α-hetero) is 1. The number of carbonyl (C=O) groups is 3. The molecule has 1 saturated heterocycles. The molecular weight excluding hydrogens is 534 g/mol. The van der Waals surface area contributed by atoms with Crippen LogP contribution in [0.3, 0.4) is 0 Å². The van der Waals surface area contributed by atoms with Crippen LogP contribution >= 0.6 is 0 Å². The van der Waals surface area contributed by atoms with Crippen LogP contribution in [0.25, 0.3) is 5.70 Å². The molecule has 7 rings (SSSR count). The molecule has 2 aliphatic heterocycles. The standard InChI is InChI=1S/C38H27NO4/c1-26-22-24-31(25-23-26)39-33(27-14-6-2-7-15-27)32-34(40)35(41)43-38(32,30-20-12-5-13-21-30)37(36(39)42,28-16-8-3-9-17-28)29-18-10-4-11-19-29/h2-25H,1H3. The third kappa shape index (κ3) is 3.68. The Balaban J connectivity index is 1.75. The lowest BCUT2D eigenvalue weighted by molar-refractivity contribution is -0.159. The minimum Gasteiger partial charge on any atom is -0.441 e. The van der Waals surface area contributed by atoms with Crippen molar-refractivity contribution in [1.29, 1.82) is 0 Å². The van der Waals surface area contributed by atoms with Crippen LogP contribution in [0.4, 0.5) is 5.69 Å². The number of rotatable bonds is 5. The number of ketones is 1. The van der Waals surface area contributed by atoms with Gasteiger partial charge in [0.15, 0.2) is 5.60 Å². The smallest absolute Gasteiger partial charge is 0.380 e. The van der Waals surface area contributed by atoms with Gasteiger partial charge >= 0.3 is 5.97 Å². The van der Waals surface area contributed by atoms with Crippen molar-refractivity contribution in [3.8, 4) is 0 Å². The van der Waals surface area contributed by atoms with E-state index in [0.717, 1.165) is 5.56 Å². The lowest BCUT2D eigenvalue weighted by atomic mass is 9.55. The highest BCUT2D eigenvalue weighted by molar-refractivity contribution is 6.47. The molecule has 208 valence electrons. The van der Waals surface area contributed by atoms with E-state index in [1.54, 1.807) is 4.90 Å². The van der Waals surface area contributed by atoms with Gasteiger partial charge in [0.25, 0.3) is 11.7 Å². The second-order valence-electron chi connectivity index (χ2n) is 10.8. The first-order valence-electron chi connectivity index (χ1n) is 14.2. The van der Waals surface area contributed by atoms with Gasteiger partial charge in [-0.25, -0.2) is 4.79 Å². The van der Waals surface area contributed by atoms with E-state index < -0.39 is 22.8 Å². The van der Waals surface area contributed by atoms with Gasteiger partial charge in [-0.05, 0) is 35.7 Å². The Labute approximate surface area is 249 Å². The molecule has 43 heavy (non-hydrogen) atoms. The molecule has 0 aliphatic carbocycles. The van der Waals surface area contributed by atoms with E-state index in [2.05, 4.69) is 0 Å². The average Bonchev–Trinajstić information content (AvgIpc) is 3.33. The highest BCUT2D eigenvalue weighted by atomic mass is 16.6. The quantitative estimate of drug-likeness (QED) is 0.176. The molecular formula is C38H27NO4. The van der Waals surface area contributed by atoms with Gasteiger partial charge in [-0.15, -0.1) is 0 Å². The van der Waals surface area contributed by atoms with Gasteiger partial charge in [-0.3, -0.25) is 14.5 Å². The Morgan fingerprint density at radius 2 is 1.02 bits per heavy atom. The van der Waals surface area contributed by atoms with Crippen LogP contribution in [0, 0.1) is 6.92 Å². The first-order valence-corrected chi connectivity index (χ1v) is 14.2. The molecule has 1 fully saturated rings. The van der Waals surface area contributed by atoms with E-state index in [-0.39, 0.29) is 11.5 Å². The number of nitrogens with zero attached hydrogens (tertiary/aromatic N) is 1. The molecule has 1 atom stereocenters. The molecule has 0 aromatic heterocycles. The minimum absolute atomic E-state index is 0.128. The Morgan fingerprint density at radius 1 is 0.558 bits per heavy atom. The SMILES string of the molecule is Cc1ccc(N2C(=O)C(c3ccccc3)(c3ccccc3)C3(c4ccccc4)OC(=O)C(=O)C3=C2c2ccccc2)cc1. The summed E-state index contributed by atoms with van der Waals surface area (Å²) in [7, 11) is 0. The summed E-state index contributed by atoms with van der Waals surface area (Å²) < 4.78 is 6.41. The first-order chi connectivity index (χ1) is 21.0. The normalized spacial score (nSPS) is 19.3. The Hall–Kier alpha value is -5.55. The maximum Gasteiger partial charge on any atom is 0.380 e. The molecule has 5 nitrogen and oxygen atoms in total. The van der Waals surface area contributed by atoms with E-state index in [0.29, 0.717) is 33.6 Å². The molecule has 5 aromatic carbocycles. The van der Waals surface area contributed by atoms with Gasteiger partial charge in [0.2, 0.25) is 0 Å². The zero-order valence-corrected chi connectivity index (χ0v) is 23.4. The van der Waals surface area contributed by atoms with Crippen molar-refractivity contribution in [3.05, 3.63) is 179 Å². The van der Waals surface area contributed by atoms with Gasteiger partial charge < -0.3 is 4.74 Å². The lowest BCUT2D eigenvalue weighted by Crippen LogP contribution is -2.64. The third-order valence-corrected chi connectivity index (χ3v) is 8.46. The number of carbonyl (C=O) groups excluding carboxylic acids is 3. The zero-order chi connectivity index (χ0) is 29.6. The van der Waals surface area contributed by atoms with Gasteiger partial charge in [0.05, 0.1) is 11.3 Å². The molecule has 0 radical (unpaired) electrons. The molecule has 0 bridgehead atoms. The summed E-state index contributed by atoms with van der Waals surface area (Å²) in [6, 6.07) is 44.7. The van der Waals surface area contributed by atoms with E-state index in [9.17, 15) is 9.59 Å².